The number of pyridine rings is 1. The monoisotopic (exact) mass is 444 g/mol. The van der Waals surface area contributed by atoms with Gasteiger partial charge in [-0.1, -0.05) is 36.4 Å². The molecule has 4 aromatic rings. The van der Waals surface area contributed by atoms with E-state index >= 15 is 0 Å². The Balaban J connectivity index is 1.66. The fourth-order valence-electron chi connectivity index (χ4n) is 3.93. The second kappa shape index (κ2) is 10.1. The van der Waals surface area contributed by atoms with Crippen LogP contribution >= 0.6 is 0 Å². The van der Waals surface area contributed by atoms with Crippen molar-refractivity contribution in [1.29, 1.82) is 0 Å². The lowest BCUT2D eigenvalue weighted by molar-refractivity contribution is 0.320. The van der Waals surface area contributed by atoms with Crippen molar-refractivity contribution in [3.05, 3.63) is 83.7 Å². The third kappa shape index (κ3) is 4.80. The van der Waals surface area contributed by atoms with Crippen molar-refractivity contribution in [2.24, 2.45) is 0 Å². The van der Waals surface area contributed by atoms with Crippen LogP contribution in [0.5, 0.6) is 23.0 Å². The number of methoxy groups -OCH3 is 2. The summed E-state index contributed by atoms with van der Waals surface area (Å²) in [5, 5.41) is 15.6. The molecule has 0 saturated carbocycles. The van der Waals surface area contributed by atoms with Crippen molar-refractivity contribution in [3.63, 3.8) is 0 Å². The zero-order valence-electron chi connectivity index (χ0n) is 19.1. The molecule has 0 atom stereocenters. The minimum Gasteiger partial charge on any atom is -0.504 e. The first kappa shape index (κ1) is 22.3. The predicted molar refractivity (Wildman–Crippen MR) is 131 cm³/mol. The summed E-state index contributed by atoms with van der Waals surface area (Å²) in [6.07, 6.45) is 4.08. The number of hydrogen-bond acceptors (Lipinski definition) is 6. The number of anilines is 1. The maximum absolute atomic E-state index is 10.6. The van der Waals surface area contributed by atoms with Gasteiger partial charge in [0.1, 0.15) is 17.2 Å². The van der Waals surface area contributed by atoms with E-state index in [0.717, 1.165) is 22.2 Å². The average molecular weight is 445 g/mol. The van der Waals surface area contributed by atoms with Crippen LogP contribution in [0.1, 0.15) is 23.6 Å². The maximum Gasteiger partial charge on any atom is 0.167 e. The summed E-state index contributed by atoms with van der Waals surface area (Å²) in [6, 6.07) is 17.9. The molecule has 6 nitrogen and oxygen atoms in total. The summed E-state index contributed by atoms with van der Waals surface area (Å²) in [7, 11) is 3.30. The SMILES string of the molecule is CCOc1ccc2c(Cc3cc(OC)c(NCc4ccccc4)c(OC)c3)cncc2c1O. The summed E-state index contributed by atoms with van der Waals surface area (Å²) in [5.74, 6) is 1.98. The van der Waals surface area contributed by atoms with Crippen molar-refractivity contribution in [1.82, 2.24) is 4.98 Å². The first-order chi connectivity index (χ1) is 16.1. The second-order valence-electron chi connectivity index (χ2n) is 7.63. The second-order valence-corrected chi connectivity index (χ2v) is 7.63. The van der Waals surface area contributed by atoms with Crippen LogP contribution in [0.3, 0.4) is 0 Å². The first-order valence-corrected chi connectivity index (χ1v) is 10.9. The van der Waals surface area contributed by atoms with Crippen LogP contribution in [-0.2, 0) is 13.0 Å². The van der Waals surface area contributed by atoms with Crippen LogP contribution in [0.4, 0.5) is 5.69 Å². The molecule has 0 amide bonds. The molecule has 1 aromatic heterocycles. The Morgan fingerprint density at radius 1 is 0.848 bits per heavy atom. The number of hydrogen-bond donors (Lipinski definition) is 2. The number of aromatic nitrogens is 1. The van der Waals surface area contributed by atoms with Crippen molar-refractivity contribution < 1.29 is 19.3 Å². The van der Waals surface area contributed by atoms with E-state index in [4.69, 9.17) is 14.2 Å². The van der Waals surface area contributed by atoms with E-state index in [1.54, 1.807) is 26.5 Å². The summed E-state index contributed by atoms with van der Waals surface area (Å²) < 4.78 is 16.9. The highest BCUT2D eigenvalue weighted by molar-refractivity contribution is 5.92. The van der Waals surface area contributed by atoms with Gasteiger partial charge in [0.15, 0.2) is 11.5 Å². The third-order valence-electron chi connectivity index (χ3n) is 5.53. The molecule has 0 spiro atoms. The van der Waals surface area contributed by atoms with Crippen molar-refractivity contribution >= 4 is 16.5 Å². The molecule has 0 radical (unpaired) electrons. The van der Waals surface area contributed by atoms with E-state index in [1.165, 1.54) is 5.56 Å². The van der Waals surface area contributed by atoms with Crippen molar-refractivity contribution in [2.45, 2.75) is 19.9 Å². The van der Waals surface area contributed by atoms with Crippen molar-refractivity contribution in [3.8, 4) is 23.0 Å². The predicted octanol–water partition coefficient (Wildman–Crippen LogP) is 5.56. The Hall–Kier alpha value is -3.93. The number of ether oxygens (including phenoxy) is 3. The lowest BCUT2D eigenvalue weighted by Crippen LogP contribution is -2.05. The first-order valence-electron chi connectivity index (χ1n) is 10.9. The number of benzene rings is 3. The van der Waals surface area contributed by atoms with Crippen LogP contribution in [0.2, 0.25) is 0 Å². The molecule has 33 heavy (non-hydrogen) atoms. The summed E-state index contributed by atoms with van der Waals surface area (Å²) in [4.78, 5) is 4.35. The molecule has 4 rings (SSSR count). The summed E-state index contributed by atoms with van der Waals surface area (Å²) in [6.45, 7) is 3.02. The Morgan fingerprint density at radius 3 is 2.24 bits per heavy atom. The molecule has 0 aliphatic rings. The molecule has 0 bridgehead atoms. The van der Waals surface area contributed by atoms with Gasteiger partial charge in [-0.05, 0) is 53.6 Å². The standard InChI is InChI=1S/C27H28N2O4/c1-4-33-23-11-10-21-20(16-28-17-22(21)27(23)30)12-19-13-24(31-2)26(25(14-19)32-3)29-15-18-8-6-5-7-9-18/h5-11,13-14,16-17,29-30H,4,12,15H2,1-3H3. The van der Waals surface area contributed by atoms with Gasteiger partial charge >= 0.3 is 0 Å². The summed E-state index contributed by atoms with van der Waals surface area (Å²) >= 11 is 0. The van der Waals surface area contributed by atoms with Gasteiger partial charge in [-0.3, -0.25) is 4.98 Å². The van der Waals surface area contributed by atoms with Gasteiger partial charge < -0.3 is 24.6 Å². The Labute approximate surface area is 193 Å². The van der Waals surface area contributed by atoms with Gasteiger partial charge in [-0.25, -0.2) is 0 Å². The van der Waals surface area contributed by atoms with Crippen LogP contribution in [0.15, 0.2) is 67.0 Å². The molecule has 0 aliphatic heterocycles. The fraction of sp³-hybridized carbons (Fsp3) is 0.222. The van der Waals surface area contributed by atoms with Gasteiger partial charge in [0, 0.05) is 24.3 Å². The zero-order chi connectivity index (χ0) is 23.2. The van der Waals surface area contributed by atoms with E-state index in [0.29, 0.717) is 42.2 Å². The molecule has 0 fully saturated rings. The number of aromatic hydroxyl groups is 1. The van der Waals surface area contributed by atoms with Gasteiger partial charge in [0.25, 0.3) is 0 Å². The molecule has 2 N–H and O–H groups in total. The van der Waals surface area contributed by atoms with Crippen LogP contribution < -0.4 is 19.5 Å². The lowest BCUT2D eigenvalue weighted by atomic mass is 9.99. The van der Waals surface area contributed by atoms with E-state index in [9.17, 15) is 5.11 Å². The normalized spacial score (nSPS) is 10.8. The van der Waals surface area contributed by atoms with E-state index in [-0.39, 0.29) is 5.75 Å². The van der Waals surface area contributed by atoms with E-state index < -0.39 is 0 Å². The fourth-order valence-corrected chi connectivity index (χ4v) is 3.93. The molecule has 3 aromatic carbocycles. The number of nitrogens with zero attached hydrogens (tertiary/aromatic N) is 1. The molecular formula is C27H28N2O4. The van der Waals surface area contributed by atoms with Gasteiger partial charge in [0.2, 0.25) is 0 Å². The molecular weight excluding hydrogens is 416 g/mol. The highest BCUT2D eigenvalue weighted by Crippen LogP contribution is 2.39. The Morgan fingerprint density at radius 2 is 1.58 bits per heavy atom. The molecule has 0 aliphatic carbocycles. The number of phenols is 1. The summed E-state index contributed by atoms with van der Waals surface area (Å²) in [5.41, 5.74) is 3.97. The lowest BCUT2D eigenvalue weighted by Gasteiger charge is -2.17. The third-order valence-corrected chi connectivity index (χ3v) is 5.53. The van der Waals surface area contributed by atoms with E-state index in [2.05, 4.69) is 22.4 Å². The van der Waals surface area contributed by atoms with Crippen molar-refractivity contribution in [2.75, 3.05) is 26.1 Å². The number of fused-ring (bicyclic) bond motifs is 1. The quantitative estimate of drug-likeness (QED) is 0.352. The number of phenolic OH excluding ortho intramolecular Hbond substituents is 1. The highest BCUT2D eigenvalue weighted by atomic mass is 16.5. The Bertz CT molecular complexity index is 1220. The van der Waals surface area contributed by atoms with E-state index in [1.807, 2.05) is 49.5 Å². The van der Waals surface area contributed by atoms with Gasteiger partial charge in [0.05, 0.1) is 20.8 Å². The number of nitrogens with one attached hydrogen (secondary N) is 1. The maximum atomic E-state index is 10.6. The minimum atomic E-state index is 0.110. The average Bonchev–Trinajstić information content (AvgIpc) is 2.85. The smallest absolute Gasteiger partial charge is 0.167 e. The van der Waals surface area contributed by atoms with Crippen LogP contribution in [-0.4, -0.2) is 30.9 Å². The Kier molecular flexibility index (Phi) is 6.83. The molecule has 1 heterocycles. The topological polar surface area (TPSA) is 72.8 Å². The molecule has 170 valence electrons. The minimum absolute atomic E-state index is 0.110. The largest absolute Gasteiger partial charge is 0.504 e. The highest BCUT2D eigenvalue weighted by Gasteiger charge is 2.15. The van der Waals surface area contributed by atoms with Gasteiger partial charge in [-0.2, -0.15) is 0 Å². The molecule has 0 saturated heterocycles. The van der Waals surface area contributed by atoms with Crippen LogP contribution in [0.25, 0.3) is 10.8 Å². The zero-order valence-corrected chi connectivity index (χ0v) is 19.1. The number of rotatable bonds is 9. The molecule has 0 unspecified atom stereocenters. The van der Waals surface area contributed by atoms with Crippen LogP contribution in [0, 0.1) is 0 Å². The molecule has 6 heteroatoms. The van der Waals surface area contributed by atoms with Gasteiger partial charge in [-0.15, -0.1) is 0 Å².